The number of para-hydroxylation sites is 4. The first kappa shape index (κ1) is 38.1. The molecule has 0 aliphatic heterocycles. The van der Waals surface area contributed by atoms with Crippen LogP contribution in [0.1, 0.15) is 25.0 Å². The van der Waals surface area contributed by atoms with Gasteiger partial charge in [-0.05, 0) is 123 Å². The van der Waals surface area contributed by atoms with Crippen LogP contribution in [0.4, 0.5) is 17.1 Å². The molecule has 0 spiro atoms. The smallest absolute Gasteiger partial charge is 0.0647 e. The Morgan fingerprint density at radius 3 is 1.48 bits per heavy atom. The molecule has 0 fully saturated rings. The number of rotatable bonds is 7. The van der Waals surface area contributed by atoms with Crippen molar-refractivity contribution in [2.24, 2.45) is 0 Å². The van der Waals surface area contributed by atoms with Crippen LogP contribution in [0, 0.1) is 0 Å². The van der Waals surface area contributed by atoms with Gasteiger partial charge in [0.05, 0.1) is 22.1 Å². The lowest BCUT2D eigenvalue weighted by atomic mass is 9.82. The summed E-state index contributed by atoms with van der Waals surface area (Å²) in [4.78, 5) is 2.42. The minimum absolute atomic E-state index is 0.125. The molecule has 3 heteroatoms. The normalized spacial score (nSPS) is 12.8. The van der Waals surface area contributed by atoms with E-state index < -0.39 is 0 Å². The third kappa shape index (κ3) is 5.76. The highest BCUT2D eigenvalue weighted by molar-refractivity contribution is 6.30. The highest BCUT2D eigenvalue weighted by Gasteiger charge is 2.36. The number of fused-ring (bicyclic) bond motifs is 10. The molecule has 0 atom stereocenters. The van der Waals surface area contributed by atoms with Crippen molar-refractivity contribution in [2.75, 3.05) is 4.90 Å². The van der Waals surface area contributed by atoms with Crippen molar-refractivity contribution < 1.29 is 0 Å². The van der Waals surface area contributed by atoms with Crippen molar-refractivity contribution in [3.05, 3.63) is 248 Å². The zero-order valence-electron chi connectivity index (χ0n) is 36.9. The molecule has 0 unspecified atom stereocenters. The first-order valence-electron chi connectivity index (χ1n) is 22.9. The predicted molar refractivity (Wildman–Crippen MR) is 278 cm³/mol. The summed E-state index contributed by atoms with van der Waals surface area (Å²) in [6, 6.07) is 86.8. The summed E-state index contributed by atoms with van der Waals surface area (Å²) in [5.74, 6) is 0. The van der Waals surface area contributed by atoms with Crippen LogP contribution < -0.4 is 4.90 Å². The minimum Gasteiger partial charge on any atom is -0.310 e. The fourth-order valence-electron chi connectivity index (χ4n) is 11.0. The first-order valence-corrected chi connectivity index (χ1v) is 22.9. The Kier molecular flexibility index (Phi) is 8.56. The molecule has 1 aliphatic rings. The average Bonchev–Trinajstić information content (AvgIpc) is 3.98. The van der Waals surface area contributed by atoms with Gasteiger partial charge in [-0.1, -0.05) is 172 Å². The molecule has 0 radical (unpaired) electrons. The number of hydrogen-bond acceptors (Lipinski definition) is 1. The summed E-state index contributed by atoms with van der Waals surface area (Å²) < 4.78 is 4.94. The molecule has 0 bridgehead atoms. The summed E-state index contributed by atoms with van der Waals surface area (Å²) in [5.41, 5.74) is 20.4. The molecule has 0 N–H and O–H groups in total. The van der Waals surface area contributed by atoms with Crippen LogP contribution >= 0.6 is 0 Å². The van der Waals surface area contributed by atoms with Gasteiger partial charge in [0.1, 0.15) is 0 Å². The first-order chi connectivity index (χ1) is 32.5. The molecule has 0 saturated heterocycles. The molecule has 66 heavy (non-hydrogen) atoms. The molecule has 1 aliphatic carbocycles. The van der Waals surface area contributed by atoms with Crippen LogP contribution in [0.5, 0.6) is 0 Å². The van der Waals surface area contributed by atoms with Gasteiger partial charge in [-0.3, -0.25) is 0 Å². The van der Waals surface area contributed by atoms with E-state index in [1.54, 1.807) is 0 Å². The quantitative estimate of drug-likeness (QED) is 0.156. The minimum atomic E-state index is -0.125. The summed E-state index contributed by atoms with van der Waals surface area (Å²) in [7, 11) is 0. The highest BCUT2D eigenvalue weighted by atomic mass is 15.1. The van der Waals surface area contributed by atoms with Gasteiger partial charge in [0.2, 0.25) is 0 Å². The molecule has 0 saturated carbocycles. The lowest BCUT2D eigenvalue weighted by Crippen LogP contribution is -2.16. The van der Waals surface area contributed by atoms with E-state index in [9.17, 15) is 0 Å². The van der Waals surface area contributed by atoms with Crippen LogP contribution in [-0.4, -0.2) is 9.13 Å². The van der Waals surface area contributed by atoms with Crippen molar-refractivity contribution >= 4 is 60.7 Å². The van der Waals surface area contributed by atoms with E-state index in [1.807, 2.05) is 0 Å². The third-order valence-electron chi connectivity index (χ3n) is 14.1. The van der Waals surface area contributed by atoms with Crippen LogP contribution in [-0.2, 0) is 5.41 Å². The second-order valence-electron chi connectivity index (χ2n) is 18.1. The topological polar surface area (TPSA) is 13.1 Å². The predicted octanol–water partition coefficient (Wildman–Crippen LogP) is 17.0. The van der Waals surface area contributed by atoms with Crippen LogP contribution in [0.25, 0.3) is 88.4 Å². The molecular weight excluding hydrogens is 799 g/mol. The number of nitrogens with zero attached hydrogens (tertiary/aromatic N) is 3. The van der Waals surface area contributed by atoms with Gasteiger partial charge in [0, 0.05) is 55.4 Å². The second kappa shape index (κ2) is 14.8. The van der Waals surface area contributed by atoms with E-state index in [-0.39, 0.29) is 5.41 Å². The Balaban J connectivity index is 1.04. The standard InChI is InChI=1S/C63H45N3/c1-63(2)55-27-15-12-24-50(55)51-39-38-49(40-56(51)63)64(47-34-30-43(31-35-47)42-18-6-3-7-19-42)48-36-32-44(33-37-48)54-41-59-61(53-26-14-16-28-57(53)65(59)45-20-8-4-9-21-45)62-60(54)52-25-13-17-29-58(52)66(62)46-22-10-5-11-23-46/h3-41H,1-2H3. The highest BCUT2D eigenvalue weighted by Crippen LogP contribution is 2.51. The number of aromatic nitrogens is 2. The Morgan fingerprint density at radius 1 is 0.333 bits per heavy atom. The van der Waals surface area contributed by atoms with E-state index in [0.717, 1.165) is 34.0 Å². The summed E-state index contributed by atoms with van der Waals surface area (Å²) in [6.07, 6.45) is 0. The molecule has 0 amide bonds. The summed E-state index contributed by atoms with van der Waals surface area (Å²) >= 11 is 0. The van der Waals surface area contributed by atoms with Gasteiger partial charge in [-0.15, -0.1) is 0 Å². The zero-order valence-corrected chi connectivity index (χ0v) is 36.9. The molecule has 2 heterocycles. The van der Waals surface area contributed by atoms with Gasteiger partial charge in [-0.2, -0.15) is 0 Å². The van der Waals surface area contributed by atoms with E-state index >= 15 is 0 Å². The molecule has 3 nitrogen and oxygen atoms in total. The molecule has 312 valence electrons. The van der Waals surface area contributed by atoms with Crippen LogP contribution in [0.3, 0.4) is 0 Å². The second-order valence-corrected chi connectivity index (χ2v) is 18.1. The van der Waals surface area contributed by atoms with Gasteiger partial charge in [-0.25, -0.2) is 0 Å². The SMILES string of the molecule is CC1(C)c2ccccc2-c2ccc(N(c3ccc(-c4ccccc4)cc3)c3ccc(-c4cc5c(c6ccccc6n5-c5ccccc5)c5c4c4ccccc4n5-c4ccccc4)cc3)cc21. The van der Waals surface area contributed by atoms with E-state index in [2.05, 4.69) is 264 Å². The van der Waals surface area contributed by atoms with Gasteiger partial charge in [0.15, 0.2) is 0 Å². The maximum atomic E-state index is 2.49. The molecule has 12 aromatic rings. The number of benzene rings is 10. The van der Waals surface area contributed by atoms with Gasteiger partial charge >= 0.3 is 0 Å². The molecule has 10 aromatic carbocycles. The monoisotopic (exact) mass is 843 g/mol. The summed E-state index contributed by atoms with van der Waals surface area (Å²) in [6.45, 7) is 4.72. The van der Waals surface area contributed by atoms with Crippen molar-refractivity contribution in [2.45, 2.75) is 19.3 Å². The van der Waals surface area contributed by atoms with E-state index in [1.165, 1.54) is 82.6 Å². The third-order valence-corrected chi connectivity index (χ3v) is 14.1. The Morgan fingerprint density at radius 2 is 0.818 bits per heavy atom. The Hall–Kier alpha value is -8.40. The zero-order chi connectivity index (χ0) is 43.9. The van der Waals surface area contributed by atoms with Crippen molar-refractivity contribution in [3.63, 3.8) is 0 Å². The fourth-order valence-corrected chi connectivity index (χ4v) is 11.0. The maximum absolute atomic E-state index is 2.49. The Labute approximate surface area is 384 Å². The molecule has 2 aromatic heterocycles. The fraction of sp³-hybridized carbons (Fsp3) is 0.0476. The van der Waals surface area contributed by atoms with Crippen molar-refractivity contribution in [1.82, 2.24) is 9.13 Å². The summed E-state index contributed by atoms with van der Waals surface area (Å²) in [5, 5.41) is 4.96. The average molecular weight is 844 g/mol. The van der Waals surface area contributed by atoms with Crippen molar-refractivity contribution in [3.8, 4) is 44.8 Å². The van der Waals surface area contributed by atoms with Gasteiger partial charge < -0.3 is 14.0 Å². The van der Waals surface area contributed by atoms with Crippen LogP contribution in [0.2, 0.25) is 0 Å². The number of anilines is 3. The van der Waals surface area contributed by atoms with E-state index in [0.29, 0.717) is 0 Å². The van der Waals surface area contributed by atoms with Gasteiger partial charge in [0.25, 0.3) is 0 Å². The molecule has 13 rings (SSSR count). The lowest BCUT2D eigenvalue weighted by Gasteiger charge is -2.28. The lowest BCUT2D eigenvalue weighted by molar-refractivity contribution is 0.660. The maximum Gasteiger partial charge on any atom is 0.0647 e. The largest absolute Gasteiger partial charge is 0.310 e. The Bertz CT molecular complexity index is 3800. The van der Waals surface area contributed by atoms with Crippen LogP contribution in [0.15, 0.2) is 237 Å². The van der Waals surface area contributed by atoms with E-state index in [4.69, 9.17) is 0 Å². The van der Waals surface area contributed by atoms with Crippen molar-refractivity contribution in [1.29, 1.82) is 0 Å². The number of hydrogen-bond donors (Lipinski definition) is 0. The molecular formula is C63H45N3.